The molecule has 1 N–H and O–H groups in total. The number of pyridine rings is 1. The van der Waals surface area contributed by atoms with Gasteiger partial charge in [0.05, 0.1) is 10.9 Å². The first-order valence-corrected chi connectivity index (χ1v) is 9.13. The fourth-order valence-corrected chi connectivity index (χ4v) is 3.64. The van der Waals surface area contributed by atoms with Gasteiger partial charge < -0.3 is 9.88 Å². The summed E-state index contributed by atoms with van der Waals surface area (Å²) in [4.78, 5) is 33.5. The van der Waals surface area contributed by atoms with E-state index in [0.29, 0.717) is 22.5 Å². The Morgan fingerprint density at radius 2 is 2.04 bits per heavy atom. The third-order valence-corrected chi connectivity index (χ3v) is 4.95. The molecule has 0 saturated heterocycles. The summed E-state index contributed by atoms with van der Waals surface area (Å²) in [5, 5.41) is 7.77. The van der Waals surface area contributed by atoms with Crippen LogP contribution in [0.1, 0.15) is 44.3 Å². The van der Waals surface area contributed by atoms with Gasteiger partial charge >= 0.3 is 0 Å². The van der Waals surface area contributed by atoms with Crippen molar-refractivity contribution >= 4 is 22.6 Å². The fourth-order valence-electron chi connectivity index (χ4n) is 3.64. The van der Waals surface area contributed by atoms with Crippen molar-refractivity contribution in [2.75, 3.05) is 0 Å². The molecule has 26 heavy (non-hydrogen) atoms. The van der Waals surface area contributed by atoms with Crippen LogP contribution in [0.4, 0.5) is 0 Å². The van der Waals surface area contributed by atoms with Gasteiger partial charge in [0.15, 0.2) is 0 Å². The molecule has 1 fully saturated rings. The van der Waals surface area contributed by atoms with Crippen LogP contribution in [0.15, 0.2) is 23.3 Å². The van der Waals surface area contributed by atoms with Crippen LogP contribution in [0.25, 0.3) is 16.7 Å². The summed E-state index contributed by atoms with van der Waals surface area (Å²) in [6, 6.07) is 2.00. The highest BCUT2D eigenvalue weighted by Crippen LogP contribution is 2.17. The average Bonchev–Trinajstić information content (AvgIpc) is 2.82. The number of rotatable bonds is 3. The second-order valence-electron chi connectivity index (χ2n) is 6.93. The molecule has 3 heterocycles. The highest BCUT2D eigenvalue weighted by molar-refractivity contribution is 5.80. The van der Waals surface area contributed by atoms with Crippen LogP contribution < -0.4 is 10.9 Å². The van der Waals surface area contributed by atoms with Crippen LogP contribution in [0.3, 0.4) is 0 Å². The smallest absolute Gasteiger partial charge is 0.262 e. The number of aryl methyl sites for hydroxylation is 1. The van der Waals surface area contributed by atoms with Crippen molar-refractivity contribution in [2.45, 2.75) is 58.0 Å². The summed E-state index contributed by atoms with van der Waals surface area (Å²) in [5.74, 6) is 0.930. The van der Waals surface area contributed by atoms with Crippen molar-refractivity contribution < 1.29 is 4.79 Å². The Kier molecular flexibility index (Phi) is 4.40. The predicted octanol–water partition coefficient (Wildman–Crippen LogP) is 1.59. The number of carbonyl (C=O) groups is 1. The standard InChI is InChI=1S/C18H22N6O2/c1-12-20-18-19-10-14-15(24(18)22-12)8-9-23(17(14)26)11-16(25)21-13-6-4-2-3-5-7-13/h8-10,13H,2-7,11H2,1H3,(H,21,25). The first kappa shape index (κ1) is 16.7. The zero-order valence-electron chi connectivity index (χ0n) is 14.8. The van der Waals surface area contributed by atoms with Gasteiger partial charge in [-0.3, -0.25) is 9.59 Å². The molecule has 0 atom stereocenters. The van der Waals surface area contributed by atoms with Gasteiger partial charge in [0.1, 0.15) is 12.4 Å². The quantitative estimate of drug-likeness (QED) is 0.721. The summed E-state index contributed by atoms with van der Waals surface area (Å²) in [6.07, 6.45) is 9.95. The molecule has 1 saturated carbocycles. The van der Waals surface area contributed by atoms with Crippen LogP contribution in [-0.2, 0) is 11.3 Å². The fraction of sp³-hybridized carbons (Fsp3) is 0.500. The number of carbonyl (C=O) groups excluding carboxylic acids is 1. The maximum Gasteiger partial charge on any atom is 0.262 e. The molecule has 4 rings (SSSR count). The van der Waals surface area contributed by atoms with Gasteiger partial charge in [-0.2, -0.15) is 9.50 Å². The Labute approximate surface area is 150 Å². The molecule has 3 aromatic heterocycles. The summed E-state index contributed by atoms with van der Waals surface area (Å²) in [6.45, 7) is 1.79. The number of hydrogen-bond donors (Lipinski definition) is 1. The molecule has 0 radical (unpaired) electrons. The Morgan fingerprint density at radius 3 is 2.81 bits per heavy atom. The Morgan fingerprint density at radius 1 is 1.27 bits per heavy atom. The van der Waals surface area contributed by atoms with Crippen molar-refractivity contribution in [2.24, 2.45) is 0 Å². The third kappa shape index (κ3) is 3.18. The lowest BCUT2D eigenvalue weighted by Crippen LogP contribution is -2.38. The summed E-state index contributed by atoms with van der Waals surface area (Å²) in [7, 11) is 0. The SMILES string of the molecule is Cc1nc2ncc3c(=O)n(CC(=O)NC4CCCCCC4)ccc3n2n1. The third-order valence-electron chi connectivity index (χ3n) is 4.95. The molecular formula is C18H22N6O2. The van der Waals surface area contributed by atoms with E-state index in [2.05, 4.69) is 20.4 Å². The summed E-state index contributed by atoms with van der Waals surface area (Å²) >= 11 is 0. The molecule has 0 aliphatic heterocycles. The van der Waals surface area contributed by atoms with E-state index in [1.54, 1.807) is 23.7 Å². The van der Waals surface area contributed by atoms with Gasteiger partial charge in [-0.05, 0) is 25.8 Å². The van der Waals surface area contributed by atoms with Crippen molar-refractivity contribution in [3.8, 4) is 0 Å². The average molecular weight is 354 g/mol. The lowest BCUT2D eigenvalue weighted by atomic mass is 10.1. The minimum absolute atomic E-state index is 0.0136. The zero-order valence-corrected chi connectivity index (χ0v) is 14.8. The molecule has 0 unspecified atom stereocenters. The van der Waals surface area contributed by atoms with Crippen molar-refractivity contribution in [1.82, 2.24) is 29.5 Å². The number of nitrogens with zero attached hydrogens (tertiary/aromatic N) is 5. The van der Waals surface area contributed by atoms with Gasteiger partial charge in [-0.25, -0.2) is 4.98 Å². The molecule has 3 aromatic rings. The largest absolute Gasteiger partial charge is 0.352 e. The molecule has 1 amide bonds. The lowest BCUT2D eigenvalue weighted by molar-refractivity contribution is -0.122. The molecule has 136 valence electrons. The monoisotopic (exact) mass is 354 g/mol. The summed E-state index contributed by atoms with van der Waals surface area (Å²) < 4.78 is 2.98. The first-order valence-electron chi connectivity index (χ1n) is 9.13. The van der Waals surface area contributed by atoms with Gasteiger partial charge in [0.25, 0.3) is 11.3 Å². The number of hydrogen-bond acceptors (Lipinski definition) is 5. The highest BCUT2D eigenvalue weighted by atomic mass is 16.2. The van der Waals surface area contributed by atoms with E-state index in [1.165, 1.54) is 23.6 Å². The van der Waals surface area contributed by atoms with Crippen molar-refractivity contribution in [1.29, 1.82) is 0 Å². The summed E-state index contributed by atoms with van der Waals surface area (Å²) in [5.41, 5.74) is 0.391. The van der Waals surface area contributed by atoms with Crippen molar-refractivity contribution in [3.63, 3.8) is 0 Å². The maximum absolute atomic E-state index is 12.7. The molecule has 0 bridgehead atoms. The molecule has 8 nitrogen and oxygen atoms in total. The Bertz CT molecular complexity index is 1010. The molecule has 0 aromatic carbocycles. The second kappa shape index (κ2) is 6.86. The Hall–Kier alpha value is -2.77. The highest BCUT2D eigenvalue weighted by Gasteiger charge is 2.16. The topological polar surface area (TPSA) is 94.2 Å². The number of amides is 1. The van der Waals surface area contributed by atoms with Crippen molar-refractivity contribution in [3.05, 3.63) is 34.6 Å². The van der Waals surface area contributed by atoms with E-state index in [1.807, 2.05) is 0 Å². The van der Waals surface area contributed by atoms with E-state index in [-0.39, 0.29) is 24.1 Å². The number of nitrogens with one attached hydrogen (secondary N) is 1. The minimum atomic E-state index is -0.249. The van der Waals surface area contributed by atoms with Gasteiger partial charge in [0.2, 0.25) is 5.91 Å². The second-order valence-corrected chi connectivity index (χ2v) is 6.93. The molecule has 1 aliphatic carbocycles. The van der Waals surface area contributed by atoms with Gasteiger partial charge in [-0.15, -0.1) is 5.10 Å². The van der Waals surface area contributed by atoms with Crippen LogP contribution in [0.2, 0.25) is 0 Å². The van der Waals surface area contributed by atoms with Crippen LogP contribution in [-0.4, -0.2) is 36.1 Å². The van der Waals surface area contributed by atoms with Gasteiger partial charge in [-0.1, -0.05) is 25.7 Å². The Balaban J connectivity index is 1.58. The van der Waals surface area contributed by atoms with E-state index in [9.17, 15) is 9.59 Å². The van der Waals surface area contributed by atoms with Gasteiger partial charge in [0, 0.05) is 18.4 Å². The predicted molar refractivity (Wildman–Crippen MR) is 96.9 cm³/mol. The maximum atomic E-state index is 12.7. The van der Waals surface area contributed by atoms with E-state index >= 15 is 0 Å². The normalized spacial score (nSPS) is 16.0. The molecule has 0 spiro atoms. The van der Waals surface area contributed by atoms with E-state index < -0.39 is 0 Å². The van der Waals surface area contributed by atoms with E-state index in [0.717, 1.165) is 25.7 Å². The zero-order chi connectivity index (χ0) is 18.1. The molecule has 8 heteroatoms. The molecule has 1 aliphatic rings. The van der Waals surface area contributed by atoms with E-state index in [4.69, 9.17) is 0 Å². The van der Waals surface area contributed by atoms with Crippen LogP contribution >= 0.6 is 0 Å². The minimum Gasteiger partial charge on any atom is -0.352 e. The molecular weight excluding hydrogens is 332 g/mol. The lowest BCUT2D eigenvalue weighted by Gasteiger charge is -2.16. The first-order chi connectivity index (χ1) is 12.6. The number of fused-ring (bicyclic) bond motifs is 3. The van der Waals surface area contributed by atoms with Crippen LogP contribution in [0, 0.1) is 6.92 Å². The van der Waals surface area contributed by atoms with Crippen LogP contribution in [0.5, 0.6) is 0 Å². The number of aromatic nitrogens is 5.